The fraction of sp³-hybridized carbons (Fsp3) is 0.692. The van der Waals surface area contributed by atoms with Gasteiger partial charge in [0, 0.05) is 50.4 Å². The van der Waals surface area contributed by atoms with Crippen molar-refractivity contribution < 1.29 is 14.3 Å². The number of urea groups is 1. The van der Waals surface area contributed by atoms with Gasteiger partial charge in [0.25, 0.3) is 0 Å². The van der Waals surface area contributed by atoms with Gasteiger partial charge in [-0.05, 0) is 87.0 Å². The van der Waals surface area contributed by atoms with Crippen molar-refractivity contribution in [1.29, 1.82) is 0 Å². The van der Waals surface area contributed by atoms with Crippen molar-refractivity contribution in [1.82, 2.24) is 15.5 Å². The molecule has 5 fully saturated rings. The molecule has 1 aliphatic heterocycles. The quantitative estimate of drug-likeness (QED) is 0.691. The molecule has 1 aromatic rings. The van der Waals surface area contributed by atoms with E-state index in [1.807, 2.05) is 17.0 Å². The third-order valence-corrected chi connectivity index (χ3v) is 8.33. The van der Waals surface area contributed by atoms with E-state index < -0.39 is 0 Å². The standard InChI is InChI=1S/C26H38N4O3/c1-33-23-5-3-22(4-6-23)29-9-2-10-30(12-11-29)24(31)7-8-27-25(32)28-26-16-19-13-20(17-26)15-21(14-19)18-26/h3-6,19-21H,2,7-18H2,1H3,(H2,27,28,32). The summed E-state index contributed by atoms with van der Waals surface area (Å²) >= 11 is 0. The molecular weight excluding hydrogens is 416 g/mol. The molecule has 180 valence electrons. The maximum atomic E-state index is 12.8. The van der Waals surface area contributed by atoms with Crippen molar-refractivity contribution in [3.8, 4) is 5.75 Å². The van der Waals surface area contributed by atoms with Gasteiger partial charge in [-0.3, -0.25) is 4.79 Å². The lowest BCUT2D eigenvalue weighted by molar-refractivity contribution is -0.130. The van der Waals surface area contributed by atoms with E-state index in [0.717, 1.165) is 74.5 Å². The van der Waals surface area contributed by atoms with Gasteiger partial charge in [-0.15, -0.1) is 0 Å². The second-order valence-corrected chi connectivity index (χ2v) is 10.7. The number of hydrogen-bond acceptors (Lipinski definition) is 4. The predicted molar refractivity (Wildman–Crippen MR) is 128 cm³/mol. The lowest BCUT2D eigenvalue weighted by atomic mass is 9.53. The zero-order chi connectivity index (χ0) is 22.8. The molecule has 6 rings (SSSR count). The molecule has 4 saturated carbocycles. The number of benzene rings is 1. The van der Waals surface area contributed by atoms with E-state index in [1.165, 1.54) is 19.3 Å². The highest BCUT2D eigenvalue weighted by Crippen LogP contribution is 2.55. The van der Waals surface area contributed by atoms with E-state index in [4.69, 9.17) is 4.74 Å². The minimum atomic E-state index is -0.0914. The number of carbonyl (C=O) groups excluding carboxylic acids is 2. The Labute approximate surface area is 197 Å². The molecule has 7 nitrogen and oxygen atoms in total. The van der Waals surface area contributed by atoms with E-state index in [-0.39, 0.29) is 17.5 Å². The smallest absolute Gasteiger partial charge is 0.315 e. The Morgan fingerprint density at radius 3 is 2.27 bits per heavy atom. The van der Waals surface area contributed by atoms with Gasteiger partial charge >= 0.3 is 6.03 Å². The SMILES string of the molecule is COc1ccc(N2CCCN(C(=O)CCNC(=O)NC34CC5CC(CC(C5)C3)C4)CC2)cc1. The molecule has 33 heavy (non-hydrogen) atoms. The highest BCUT2D eigenvalue weighted by Gasteiger charge is 2.51. The summed E-state index contributed by atoms with van der Waals surface area (Å²) < 4.78 is 5.25. The molecule has 4 bridgehead atoms. The summed E-state index contributed by atoms with van der Waals surface area (Å²) in [5, 5.41) is 6.30. The topological polar surface area (TPSA) is 73.9 Å². The van der Waals surface area contributed by atoms with Crippen LogP contribution in [-0.4, -0.2) is 62.2 Å². The van der Waals surface area contributed by atoms with Crippen molar-refractivity contribution in [2.24, 2.45) is 17.8 Å². The lowest BCUT2D eigenvalue weighted by Gasteiger charge is -2.56. The largest absolute Gasteiger partial charge is 0.497 e. The summed E-state index contributed by atoms with van der Waals surface area (Å²) in [5.41, 5.74) is 1.17. The summed E-state index contributed by atoms with van der Waals surface area (Å²) in [5.74, 6) is 3.39. The fourth-order valence-electron chi connectivity index (χ4n) is 7.21. The molecule has 1 aromatic carbocycles. The normalized spacial score (nSPS) is 30.6. The second-order valence-electron chi connectivity index (χ2n) is 10.7. The van der Waals surface area contributed by atoms with Crippen LogP contribution in [0.2, 0.25) is 0 Å². The van der Waals surface area contributed by atoms with Gasteiger partial charge in [0.1, 0.15) is 5.75 Å². The van der Waals surface area contributed by atoms with Crippen molar-refractivity contribution >= 4 is 17.6 Å². The lowest BCUT2D eigenvalue weighted by Crippen LogP contribution is -2.61. The van der Waals surface area contributed by atoms with E-state index in [9.17, 15) is 9.59 Å². The number of ether oxygens (including phenoxy) is 1. The Hall–Kier alpha value is -2.44. The second kappa shape index (κ2) is 9.43. The van der Waals surface area contributed by atoms with Crippen LogP contribution in [0.4, 0.5) is 10.5 Å². The van der Waals surface area contributed by atoms with Crippen LogP contribution in [0.3, 0.4) is 0 Å². The van der Waals surface area contributed by atoms with Crippen molar-refractivity contribution in [2.45, 2.75) is 56.9 Å². The number of anilines is 1. The van der Waals surface area contributed by atoms with Gasteiger partial charge in [-0.25, -0.2) is 4.79 Å². The molecule has 4 aliphatic carbocycles. The van der Waals surface area contributed by atoms with Crippen LogP contribution in [0.25, 0.3) is 0 Å². The van der Waals surface area contributed by atoms with E-state index in [2.05, 4.69) is 27.7 Å². The Morgan fingerprint density at radius 1 is 0.970 bits per heavy atom. The average Bonchev–Trinajstić information content (AvgIpc) is 3.04. The molecular formula is C26H38N4O3. The monoisotopic (exact) mass is 454 g/mol. The minimum Gasteiger partial charge on any atom is -0.497 e. The average molecular weight is 455 g/mol. The molecule has 0 aromatic heterocycles. The Morgan fingerprint density at radius 2 is 1.64 bits per heavy atom. The van der Waals surface area contributed by atoms with Gasteiger partial charge in [-0.2, -0.15) is 0 Å². The first-order valence-electron chi connectivity index (χ1n) is 12.7. The maximum absolute atomic E-state index is 12.8. The molecule has 5 aliphatic rings. The van der Waals surface area contributed by atoms with Gasteiger partial charge < -0.3 is 25.2 Å². The first-order valence-corrected chi connectivity index (χ1v) is 12.7. The maximum Gasteiger partial charge on any atom is 0.315 e. The third-order valence-electron chi connectivity index (χ3n) is 8.33. The summed E-state index contributed by atoms with van der Waals surface area (Å²) in [4.78, 5) is 29.7. The van der Waals surface area contributed by atoms with Crippen molar-refractivity contribution in [2.75, 3.05) is 44.7 Å². The molecule has 2 N–H and O–H groups in total. The molecule has 0 radical (unpaired) electrons. The van der Waals surface area contributed by atoms with Gasteiger partial charge in [0.2, 0.25) is 5.91 Å². The Kier molecular flexibility index (Phi) is 6.39. The van der Waals surface area contributed by atoms with E-state index in [1.54, 1.807) is 7.11 Å². The zero-order valence-electron chi connectivity index (χ0n) is 19.9. The van der Waals surface area contributed by atoms with Crippen LogP contribution in [-0.2, 0) is 4.79 Å². The first-order chi connectivity index (χ1) is 16.0. The van der Waals surface area contributed by atoms with Crippen LogP contribution >= 0.6 is 0 Å². The number of amides is 3. The number of rotatable bonds is 6. The van der Waals surface area contributed by atoms with Crippen molar-refractivity contribution in [3.63, 3.8) is 0 Å². The van der Waals surface area contributed by atoms with E-state index in [0.29, 0.717) is 19.5 Å². The minimum absolute atomic E-state index is 0.0124. The zero-order valence-corrected chi connectivity index (χ0v) is 19.9. The number of carbonyl (C=O) groups is 2. The summed E-state index contributed by atoms with van der Waals surface area (Å²) in [7, 11) is 1.67. The molecule has 1 heterocycles. The molecule has 7 heteroatoms. The van der Waals surface area contributed by atoms with Crippen LogP contribution in [0, 0.1) is 17.8 Å². The van der Waals surface area contributed by atoms with Crippen LogP contribution in [0.15, 0.2) is 24.3 Å². The number of nitrogens with one attached hydrogen (secondary N) is 2. The summed E-state index contributed by atoms with van der Waals surface area (Å²) in [6, 6.07) is 8.00. The van der Waals surface area contributed by atoms with Gasteiger partial charge in [0.05, 0.1) is 7.11 Å². The van der Waals surface area contributed by atoms with Gasteiger partial charge in [-0.1, -0.05) is 0 Å². The molecule has 0 unspecified atom stereocenters. The van der Waals surface area contributed by atoms with Crippen LogP contribution in [0.1, 0.15) is 51.4 Å². The van der Waals surface area contributed by atoms with Gasteiger partial charge in [0.15, 0.2) is 0 Å². The predicted octanol–water partition coefficient (Wildman–Crippen LogP) is 3.39. The van der Waals surface area contributed by atoms with Crippen LogP contribution in [0.5, 0.6) is 5.75 Å². The Bertz CT molecular complexity index is 820. The summed E-state index contributed by atoms with van der Waals surface area (Å²) in [6.45, 7) is 3.63. The number of methoxy groups -OCH3 is 1. The highest BCUT2D eigenvalue weighted by molar-refractivity contribution is 5.78. The number of hydrogen-bond donors (Lipinski definition) is 2. The molecule has 1 saturated heterocycles. The van der Waals surface area contributed by atoms with Crippen molar-refractivity contribution in [3.05, 3.63) is 24.3 Å². The highest BCUT2D eigenvalue weighted by atomic mass is 16.5. The van der Waals surface area contributed by atoms with Crippen LogP contribution < -0.4 is 20.3 Å². The molecule has 0 spiro atoms. The molecule has 0 atom stereocenters. The Balaban J connectivity index is 1.05. The molecule has 3 amide bonds. The number of nitrogens with zero attached hydrogens (tertiary/aromatic N) is 2. The first kappa shape index (κ1) is 22.4. The third kappa shape index (κ3) is 5.07. The van der Waals surface area contributed by atoms with E-state index >= 15 is 0 Å². The summed E-state index contributed by atoms with van der Waals surface area (Å²) in [6.07, 6.45) is 8.82. The fourth-order valence-corrected chi connectivity index (χ4v) is 7.21.